The van der Waals surface area contributed by atoms with E-state index in [0.29, 0.717) is 0 Å². The Balaban J connectivity index is 1.83. The lowest BCUT2D eigenvalue weighted by Gasteiger charge is -2.35. The van der Waals surface area contributed by atoms with Gasteiger partial charge in [-0.25, -0.2) is 0 Å². The number of hydrogen-bond donors (Lipinski definition) is 0. The van der Waals surface area contributed by atoms with Gasteiger partial charge in [0.2, 0.25) is 0 Å². The van der Waals surface area contributed by atoms with Crippen LogP contribution in [0.4, 0.5) is 0 Å². The molecule has 0 saturated heterocycles. The zero-order valence-electron chi connectivity index (χ0n) is 14.9. The highest BCUT2D eigenvalue weighted by Gasteiger charge is 2.33. The number of halogens is 1. The van der Waals surface area contributed by atoms with Crippen molar-refractivity contribution < 1.29 is 0 Å². The van der Waals surface area contributed by atoms with E-state index in [9.17, 15) is 0 Å². The van der Waals surface area contributed by atoms with Crippen molar-refractivity contribution in [1.82, 2.24) is 0 Å². The minimum Gasteiger partial charge on any atom is -0.0613 e. The third-order valence-electron chi connectivity index (χ3n) is 5.74. The molecular weight excluding hydrogens is 380 g/mol. The topological polar surface area (TPSA) is 0 Å². The van der Waals surface area contributed by atoms with Crippen LogP contribution in [-0.2, 0) is 5.41 Å². The van der Waals surface area contributed by atoms with Crippen molar-refractivity contribution >= 4 is 26.7 Å². The minimum atomic E-state index is 0.00143. The molecule has 0 spiro atoms. The summed E-state index contributed by atoms with van der Waals surface area (Å²) in [6.45, 7) is 4.69. The van der Waals surface area contributed by atoms with E-state index in [4.69, 9.17) is 0 Å². The van der Waals surface area contributed by atoms with Gasteiger partial charge in [-0.05, 0) is 62.4 Å². The molecule has 0 heterocycles. The zero-order valence-corrected chi connectivity index (χ0v) is 16.5. The average Bonchev–Trinajstić information content (AvgIpc) is 2.66. The fraction of sp³-hybridized carbons (Fsp3) is 0.120. The highest BCUT2D eigenvalue weighted by Crippen LogP contribution is 2.49. The van der Waals surface area contributed by atoms with Crippen LogP contribution in [0.25, 0.3) is 33.0 Å². The Bertz CT molecular complexity index is 1150. The summed E-state index contributed by atoms with van der Waals surface area (Å²) in [6, 6.07) is 28.9. The van der Waals surface area contributed by atoms with Crippen molar-refractivity contribution in [3.05, 3.63) is 94.5 Å². The predicted molar refractivity (Wildman–Crippen MR) is 115 cm³/mol. The second-order valence-electron chi connectivity index (χ2n) is 7.60. The maximum absolute atomic E-state index is 3.53. The summed E-state index contributed by atoms with van der Waals surface area (Å²) in [4.78, 5) is 0. The Morgan fingerprint density at radius 2 is 1.35 bits per heavy atom. The van der Waals surface area contributed by atoms with Crippen molar-refractivity contribution in [3.63, 3.8) is 0 Å². The Morgan fingerprint density at radius 3 is 2.12 bits per heavy atom. The molecule has 126 valence electrons. The lowest BCUT2D eigenvalue weighted by Crippen LogP contribution is -2.23. The number of rotatable bonds is 1. The molecule has 0 nitrogen and oxygen atoms in total. The molecule has 0 aromatic heterocycles. The van der Waals surface area contributed by atoms with Crippen molar-refractivity contribution in [2.24, 2.45) is 0 Å². The van der Waals surface area contributed by atoms with Crippen LogP contribution in [-0.4, -0.2) is 0 Å². The van der Waals surface area contributed by atoms with E-state index in [-0.39, 0.29) is 5.41 Å². The Morgan fingerprint density at radius 1 is 0.654 bits per heavy atom. The molecule has 1 aliphatic rings. The number of hydrogen-bond acceptors (Lipinski definition) is 0. The maximum Gasteiger partial charge on any atom is 0.0175 e. The van der Waals surface area contributed by atoms with Gasteiger partial charge >= 0.3 is 0 Å². The first-order chi connectivity index (χ1) is 12.6. The zero-order chi connectivity index (χ0) is 17.9. The van der Waals surface area contributed by atoms with E-state index >= 15 is 0 Å². The van der Waals surface area contributed by atoms with E-state index in [1.54, 1.807) is 0 Å². The number of benzene rings is 4. The smallest absolute Gasteiger partial charge is 0.0175 e. The molecule has 0 unspecified atom stereocenters. The Kier molecular flexibility index (Phi) is 3.39. The molecule has 0 saturated carbocycles. The molecule has 0 aliphatic heterocycles. The van der Waals surface area contributed by atoms with Crippen molar-refractivity contribution in [2.45, 2.75) is 19.3 Å². The van der Waals surface area contributed by atoms with E-state index in [1.807, 2.05) is 0 Å². The fourth-order valence-corrected chi connectivity index (χ4v) is 4.63. The van der Waals surface area contributed by atoms with Crippen LogP contribution in [0.2, 0.25) is 0 Å². The van der Waals surface area contributed by atoms with Crippen LogP contribution < -0.4 is 0 Å². The van der Waals surface area contributed by atoms with E-state index in [1.165, 1.54) is 44.2 Å². The molecule has 26 heavy (non-hydrogen) atoms. The molecule has 4 aromatic carbocycles. The van der Waals surface area contributed by atoms with Crippen LogP contribution in [0.5, 0.6) is 0 Å². The Labute approximate surface area is 162 Å². The molecule has 1 aliphatic carbocycles. The largest absolute Gasteiger partial charge is 0.0613 e. The van der Waals surface area contributed by atoms with Gasteiger partial charge in [0.25, 0.3) is 0 Å². The minimum absolute atomic E-state index is 0.00143. The highest BCUT2D eigenvalue weighted by molar-refractivity contribution is 9.10. The van der Waals surface area contributed by atoms with Gasteiger partial charge in [0, 0.05) is 9.89 Å². The van der Waals surface area contributed by atoms with Gasteiger partial charge in [-0.2, -0.15) is 0 Å². The molecule has 0 radical (unpaired) electrons. The SMILES string of the molecule is CC1(C)c2ccc(-c3ccc(Br)cc3)cc2-c2cccc3cccc1c23. The van der Waals surface area contributed by atoms with E-state index < -0.39 is 0 Å². The maximum atomic E-state index is 3.53. The predicted octanol–water partition coefficient (Wildman–Crippen LogP) is 7.58. The molecule has 4 aromatic rings. The van der Waals surface area contributed by atoms with E-state index in [0.717, 1.165) is 4.47 Å². The third kappa shape index (κ3) is 2.20. The summed E-state index contributed by atoms with van der Waals surface area (Å²) >= 11 is 3.53. The van der Waals surface area contributed by atoms with Crippen LogP contribution >= 0.6 is 15.9 Å². The molecule has 0 amide bonds. The molecule has 1 heteroatoms. The van der Waals surface area contributed by atoms with Crippen LogP contribution in [0.3, 0.4) is 0 Å². The second-order valence-corrected chi connectivity index (χ2v) is 8.52. The van der Waals surface area contributed by atoms with Gasteiger partial charge < -0.3 is 0 Å². The van der Waals surface area contributed by atoms with Crippen LogP contribution in [0, 0.1) is 0 Å². The summed E-state index contributed by atoms with van der Waals surface area (Å²) in [7, 11) is 0. The van der Waals surface area contributed by atoms with Crippen molar-refractivity contribution in [3.8, 4) is 22.3 Å². The first-order valence-electron chi connectivity index (χ1n) is 8.99. The lowest BCUT2D eigenvalue weighted by molar-refractivity contribution is 0.645. The summed E-state index contributed by atoms with van der Waals surface area (Å²) < 4.78 is 1.11. The fourth-order valence-electron chi connectivity index (χ4n) is 4.37. The van der Waals surface area contributed by atoms with Crippen molar-refractivity contribution in [2.75, 3.05) is 0 Å². The molecule has 0 bridgehead atoms. The summed E-state index contributed by atoms with van der Waals surface area (Å²) in [5.41, 5.74) is 8.06. The van der Waals surface area contributed by atoms with Gasteiger partial charge in [-0.3, -0.25) is 0 Å². The molecule has 0 fully saturated rings. The standard InChI is InChI=1S/C25H19Br/c1-25(2)22-14-11-18(16-9-12-19(26)13-10-16)15-21(22)20-7-3-5-17-6-4-8-23(25)24(17)20/h3-15H,1-2H3. The quantitative estimate of drug-likeness (QED) is 0.310. The lowest BCUT2D eigenvalue weighted by atomic mass is 9.68. The monoisotopic (exact) mass is 398 g/mol. The van der Waals surface area contributed by atoms with Gasteiger partial charge in [-0.1, -0.05) is 90.4 Å². The van der Waals surface area contributed by atoms with Crippen molar-refractivity contribution in [1.29, 1.82) is 0 Å². The Hall–Kier alpha value is -2.38. The summed E-state index contributed by atoms with van der Waals surface area (Å²) in [6.07, 6.45) is 0. The second kappa shape index (κ2) is 5.56. The van der Waals surface area contributed by atoms with Gasteiger partial charge in [-0.15, -0.1) is 0 Å². The van der Waals surface area contributed by atoms with Crippen LogP contribution in [0.15, 0.2) is 83.3 Å². The van der Waals surface area contributed by atoms with E-state index in [2.05, 4.69) is 109 Å². The normalized spacial score (nSPS) is 14.3. The first-order valence-corrected chi connectivity index (χ1v) is 9.78. The number of fused-ring (bicyclic) bond motifs is 2. The van der Waals surface area contributed by atoms with Gasteiger partial charge in [0.1, 0.15) is 0 Å². The molecule has 0 atom stereocenters. The summed E-state index contributed by atoms with van der Waals surface area (Å²) in [5, 5.41) is 2.73. The molecule has 5 rings (SSSR count). The first kappa shape index (κ1) is 15.8. The van der Waals surface area contributed by atoms with Gasteiger partial charge in [0.05, 0.1) is 0 Å². The highest BCUT2D eigenvalue weighted by atomic mass is 79.9. The third-order valence-corrected chi connectivity index (χ3v) is 6.27. The molecule has 0 N–H and O–H groups in total. The van der Waals surface area contributed by atoms with Crippen LogP contribution in [0.1, 0.15) is 25.0 Å². The van der Waals surface area contributed by atoms with Gasteiger partial charge in [0.15, 0.2) is 0 Å². The average molecular weight is 399 g/mol. The summed E-state index contributed by atoms with van der Waals surface area (Å²) in [5.74, 6) is 0. The molecular formula is C25H19Br.